The highest BCUT2D eigenvalue weighted by Gasteiger charge is 2.36. The maximum absolute atomic E-state index is 10.9. The minimum absolute atomic E-state index is 0.292. The lowest BCUT2D eigenvalue weighted by atomic mass is 10.0. The molecule has 0 bridgehead atoms. The van der Waals surface area contributed by atoms with Crippen LogP contribution in [0.3, 0.4) is 0 Å². The Labute approximate surface area is 73.2 Å². The third kappa shape index (κ3) is 2.43. The van der Waals surface area contributed by atoms with Crippen LogP contribution in [0, 0.1) is 0 Å². The summed E-state index contributed by atoms with van der Waals surface area (Å²) >= 11 is 0. The smallest absolute Gasteiger partial charge is 0.264 e. The molecule has 4 nitrogen and oxygen atoms in total. The van der Waals surface area contributed by atoms with Gasteiger partial charge in [0, 0.05) is 6.54 Å². The molecule has 1 aliphatic rings. The summed E-state index contributed by atoms with van der Waals surface area (Å²) in [5.74, 6) is 0. The Morgan fingerprint density at radius 1 is 1.42 bits per heavy atom. The fourth-order valence-corrected chi connectivity index (χ4v) is 2.54. The molecule has 0 spiro atoms. The van der Waals surface area contributed by atoms with E-state index >= 15 is 0 Å². The van der Waals surface area contributed by atoms with Crippen LogP contribution < -0.4 is 5.73 Å². The van der Waals surface area contributed by atoms with E-state index in [1.807, 2.05) is 0 Å². The number of hydrogen-bond acceptors (Lipinski definition) is 4. The van der Waals surface area contributed by atoms with Crippen molar-refractivity contribution in [3.05, 3.63) is 0 Å². The molecule has 5 heteroatoms. The largest absolute Gasteiger partial charge is 0.328 e. The van der Waals surface area contributed by atoms with E-state index in [1.165, 1.54) is 0 Å². The van der Waals surface area contributed by atoms with Crippen molar-refractivity contribution in [2.45, 2.75) is 31.3 Å². The van der Waals surface area contributed by atoms with E-state index in [9.17, 15) is 8.42 Å². The van der Waals surface area contributed by atoms with E-state index in [4.69, 9.17) is 9.92 Å². The predicted octanol–water partition coefficient (Wildman–Crippen LogP) is 0.234. The Bertz CT molecular complexity index is 241. The van der Waals surface area contributed by atoms with Gasteiger partial charge in [-0.1, -0.05) is 12.8 Å². The number of nitrogens with two attached hydrogens (primary N) is 1. The topological polar surface area (TPSA) is 69.4 Å². The van der Waals surface area contributed by atoms with E-state index in [-0.39, 0.29) is 0 Å². The summed E-state index contributed by atoms with van der Waals surface area (Å²) in [4.78, 5) is 0. The average Bonchev–Trinajstić information content (AvgIpc) is 2.34. The van der Waals surface area contributed by atoms with Crippen LogP contribution >= 0.6 is 0 Å². The summed E-state index contributed by atoms with van der Waals surface area (Å²) in [6.07, 6.45) is 4.61. The molecule has 12 heavy (non-hydrogen) atoms. The van der Waals surface area contributed by atoms with Gasteiger partial charge in [-0.25, -0.2) is 0 Å². The van der Waals surface area contributed by atoms with Gasteiger partial charge >= 0.3 is 0 Å². The van der Waals surface area contributed by atoms with Crippen LogP contribution in [0.2, 0.25) is 0 Å². The van der Waals surface area contributed by atoms with Crippen LogP contribution in [0.4, 0.5) is 0 Å². The quantitative estimate of drug-likeness (QED) is 0.652. The summed E-state index contributed by atoms with van der Waals surface area (Å²) < 4.78 is 26.7. The first-order valence-corrected chi connectivity index (χ1v) is 5.90. The van der Waals surface area contributed by atoms with Crippen LogP contribution in [0.1, 0.15) is 25.7 Å². The maximum Gasteiger partial charge on any atom is 0.264 e. The molecule has 1 fully saturated rings. The SMILES string of the molecule is CS(=O)(=O)OC1(CN)CCCC1. The lowest BCUT2D eigenvalue weighted by Gasteiger charge is -2.25. The second-order valence-electron chi connectivity index (χ2n) is 3.38. The van der Waals surface area contributed by atoms with Crippen molar-refractivity contribution in [3.63, 3.8) is 0 Å². The molecule has 0 aliphatic heterocycles. The van der Waals surface area contributed by atoms with Crippen LogP contribution in [0.25, 0.3) is 0 Å². The van der Waals surface area contributed by atoms with Gasteiger partial charge in [0.15, 0.2) is 0 Å². The van der Waals surface area contributed by atoms with E-state index in [2.05, 4.69) is 0 Å². The lowest BCUT2D eigenvalue weighted by molar-refractivity contribution is 0.0948. The van der Waals surface area contributed by atoms with Gasteiger partial charge in [-0.15, -0.1) is 0 Å². The van der Waals surface area contributed by atoms with Crippen molar-refractivity contribution in [1.82, 2.24) is 0 Å². The number of hydrogen-bond donors (Lipinski definition) is 1. The first-order chi connectivity index (χ1) is 5.47. The molecule has 0 radical (unpaired) electrons. The van der Waals surface area contributed by atoms with Crippen LogP contribution in [-0.2, 0) is 14.3 Å². The molecule has 0 aromatic carbocycles. The lowest BCUT2D eigenvalue weighted by Crippen LogP contribution is -2.39. The monoisotopic (exact) mass is 193 g/mol. The minimum Gasteiger partial charge on any atom is -0.328 e. The highest BCUT2D eigenvalue weighted by Crippen LogP contribution is 2.33. The predicted molar refractivity (Wildman–Crippen MR) is 46.2 cm³/mol. The molecule has 0 unspecified atom stereocenters. The molecule has 0 aromatic rings. The molecule has 1 aliphatic carbocycles. The van der Waals surface area contributed by atoms with Crippen molar-refractivity contribution in [1.29, 1.82) is 0 Å². The van der Waals surface area contributed by atoms with Crippen LogP contribution in [0.5, 0.6) is 0 Å². The van der Waals surface area contributed by atoms with E-state index in [0.717, 1.165) is 31.9 Å². The molecule has 0 saturated heterocycles. The Balaban J connectivity index is 2.68. The minimum atomic E-state index is -3.36. The molecule has 0 atom stereocenters. The maximum atomic E-state index is 10.9. The zero-order valence-corrected chi connectivity index (χ0v) is 8.06. The summed E-state index contributed by atoms with van der Waals surface area (Å²) in [6.45, 7) is 0.292. The second kappa shape index (κ2) is 3.32. The molecular formula is C7H15NO3S. The molecule has 0 heterocycles. The van der Waals surface area contributed by atoms with E-state index in [1.54, 1.807) is 0 Å². The van der Waals surface area contributed by atoms with E-state index < -0.39 is 15.7 Å². The summed E-state index contributed by atoms with van der Waals surface area (Å²) in [6, 6.07) is 0. The summed E-state index contributed by atoms with van der Waals surface area (Å²) in [7, 11) is -3.36. The Morgan fingerprint density at radius 3 is 2.25 bits per heavy atom. The fraction of sp³-hybridized carbons (Fsp3) is 1.00. The van der Waals surface area contributed by atoms with Crippen LogP contribution in [-0.4, -0.2) is 26.8 Å². The Morgan fingerprint density at radius 2 is 1.92 bits per heavy atom. The molecule has 72 valence electrons. The van der Waals surface area contributed by atoms with Gasteiger partial charge < -0.3 is 5.73 Å². The van der Waals surface area contributed by atoms with Crippen molar-refractivity contribution in [3.8, 4) is 0 Å². The molecule has 1 saturated carbocycles. The van der Waals surface area contributed by atoms with Gasteiger partial charge in [0.05, 0.1) is 11.9 Å². The molecular weight excluding hydrogens is 178 g/mol. The van der Waals surface area contributed by atoms with Crippen molar-refractivity contribution < 1.29 is 12.6 Å². The van der Waals surface area contributed by atoms with Crippen LogP contribution in [0.15, 0.2) is 0 Å². The molecule has 1 rings (SSSR count). The normalized spacial score (nSPS) is 22.8. The van der Waals surface area contributed by atoms with E-state index in [0.29, 0.717) is 6.54 Å². The standard InChI is InChI=1S/C7H15NO3S/c1-12(9,10)11-7(6-8)4-2-3-5-7/h2-6,8H2,1H3. The number of rotatable bonds is 3. The Kier molecular flexibility index (Phi) is 2.75. The van der Waals surface area contributed by atoms with Gasteiger partial charge in [-0.2, -0.15) is 8.42 Å². The third-order valence-corrected chi connectivity index (χ3v) is 2.87. The highest BCUT2D eigenvalue weighted by atomic mass is 32.2. The van der Waals surface area contributed by atoms with Crippen molar-refractivity contribution in [2.75, 3.05) is 12.8 Å². The van der Waals surface area contributed by atoms with Crippen molar-refractivity contribution in [2.24, 2.45) is 5.73 Å². The molecule has 0 amide bonds. The van der Waals surface area contributed by atoms with Gasteiger partial charge in [-0.3, -0.25) is 4.18 Å². The fourth-order valence-electron chi connectivity index (χ4n) is 1.66. The molecule has 0 aromatic heterocycles. The summed E-state index contributed by atoms with van der Waals surface area (Å²) in [5.41, 5.74) is 4.90. The first kappa shape index (κ1) is 9.95. The van der Waals surface area contributed by atoms with Gasteiger partial charge in [0.2, 0.25) is 0 Å². The first-order valence-electron chi connectivity index (χ1n) is 4.08. The van der Waals surface area contributed by atoms with Crippen molar-refractivity contribution >= 4 is 10.1 Å². The second-order valence-corrected chi connectivity index (χ2v) is 4.96. The zero-order valence-electron chi connectivity index (χ0n) is 7.25. The van der Waals surface area contributed by atoms with Gasteiger partial charge in [-0.05, 0) is 12.8 Å². The average molecular weight is 193 g/mol. The highest BCUT2D eigenvalue weighted by molar-refractivity contribution is 7.86. The molecule has 2 N–H and O–H groups in total. The van der Waals surface area contributed by atoms with Gasteiger partial charge in [0.25, 0.3) is 10.1 Å². The Hall–Kier alpha value is -0.130. The summed E-state index contributed by atoms with van der Waals surface area (Å²) in [5, 5.41) is 0. The zero-order chi connectivity index (χ0) is 9.24. The third-order valence-electron chi connectivity index (χ3n) is 2.21. The van der Waals surface area contributed by atoms with Gasteiger partial charge in [0.1, 0.15) is 0 Å².